The summed E-state index contributed by atoms with van der Waals surface area (Å²) in [4.78, 5) is 33.4. The third kappa shape index (κ3) is 9.92. The fraction of sp³-hybridized carbons (Fsp3) is 0.682. The van der Waals surface area contributed by atoms with Gasteiger partial charge in [-0.15, -0.1) is 0 Å². The number of aliphatic hydroxyl groups is 4. The molecule has 3 aliphatic rings. The van der Waals surface area contributed by atoms with Gasteiger partial charge in [-0.1, -0.05) is 51.1 Å². The molecule has 3 heterocycles. The van der Waals surface area contributed by atoms with Gasteiger partial charge in [0.15, 0.2) is 12.4 Å². The van der Waals surface area contributed by atoms with Crippen molar-refractivity contribution in [3.63, 3.8) is 0 Å². The molecule has 2 saturated heterocycles. The predicted octanol–water partition coefficient (Wildman–Crippen LogP) is 4.45. The van der Waals surface area contributed by atoms with Gasteiger partial charge in [-0.3, -0.25) is 9.69 Å². The number of anilines is 1. The van der Waals surface area contributed by atoms with Gasteiger partial charge in [-0.05, 0) is 91.1 Å². The molecule has 5 rings (SSSR count). The van der Waals surface area contributed by atoms with E-state index in [0.29, 0.717) is 43.3 Å². The Hall–Kier alpha value is -3.50. The van der Waals surface area contributed by atoms with E-state index in [1.807, 2.05) is 80.4 Å². The Morgan fingerprint density at radius 1 is 1.00 bits per heavy atom. The Kier molecular flexibility index (Phi) is 14.8. The summed E-state index contributed by atoms with van der Waals surface area (Å²) in [6.07, 6.45) is -6.51. The Morgan fingerprint density at radius 3 is 2.33 bits per heavy atom. The normalized spacial score (nSPS) is 38.3. The molecule has 0 radical (unpaired) electrons. The number of benzene rings is 2. The highest BCUT2D eigenvalue weighted by atomic mass is 16.7. The molecule has 14 nitrogen and oxygen atoms in total. The molecule has 0 aliphatic carbocycles. The van der Waals surface area contributed by atoms with E-state index in [9.17, 15) is 30.0 Å². The number of hydrogen-bond acceptors (Lipinski definition) is 12. The smallest absolute Gasteiger partial charge is 0.324 e. The Labute approximate surface area is 343 Å². The number of likely N-dealkylation sites (N-methyl/N-ethyl adjacent to an activating group) is 2. The van der Waals surface area contributed by atoms with Gasteiger partial charge >= 0.3 is 12.0 Å². The summed E-state index contributed by atoms with van der Waals surface area (Å²) in [5.41, 5.74) is -2.74. The minimum atomic E-state index is -1.80. The maximum Gasteiger partial charge on any atom is 0.324 e. The third-order valence-electron chi connectivity index (χ3n) is 12.5. The highest BCUT2D eigenvalue weighted by molar-refractivity contribution is 5.94. The van der Waals surface area contributed by atoms with Crippen LogP contribution in [-0.2, 0) is 19.0 Å². The van der Waals surface area contributed by atoms with Gasteiger partial charge in [0.05, 0.1) is 48.1 Å². The maximum absolute atomic E-state index is 14.4. The second kappa shape index (κ2) is 18.8. The highest BCUT2D eigenvalue weighted by Gasteiger charge is 2.51. The van der Waals surface area contributed by atoms with Crippen LogP contribution >= 0.6 is 0 Å². The number of para-hydroxylation sites is 3. The van der Waals surface area contributed by atoms with Crippen LogP contribution in [0.5, 0.6) is 11.5 Å². The van der Waals surface area contributed by atoms with Crippen molar-refractivity contribution in [2.45, 2.75) is 141 Å². The van der Waals surface area contributed by atoms with Crippen molar-refractivity contribution in [1.82, 2.24) is 9.80 Å². The highest BCUT2D eigenvalue weighted by Crippen LogP contribution is 2.39. The van der Waals surface area contributed by atoms with Crippen LogP contribution in [0.25, 0.3) is 0 Å². The number of urea groups is 1. The molecular weight excluding hydrogens is 746 g/mol. The average molecular weight is 814 g/mol. The van der Waals surface area contributed by atoms with Crippen molar-refractivity contribution in [3.8, 4) is 11.5 Å². The van der Waals surface area contributed by atoms with Gasteiger partial charge in [-0.25, -0.2) is 4.79 Å². The quantitative estimate of drug-likeness (QED) is 0.303. The third-order valence-corrected chi connectivity index (χ3v) is 12.5. The first-order valence-corrected chi connectivity index (χ1v) is 20.8. The molecule has 0 saturated carbocycles. The predicted molar refractivity (Wildman–Crippen MR) is 219 cm³/mol. The van der Waals surface area contributed by atoms with E-state index >= 15 is 0 Å². The standard InChI is InChI=1S/C44H67N3O11/c1-11-35-44(8,53)38(49)30(6)45(9)25-26(2)24-43(7,52)39(28(4)36(48)29(5)40(50)57-35)58-41-37(56-31-17-13-12-14-18-31)33(23-27(3)55-41)46(10)42(51)47-21-22-54-34-20-16-15-19-32(34)47/h12-20,26-30,33,35-39,41,48-49,52-53H,11,21-25H2,1-10H3/t26-,27-,28+,29-,30-,33+,35-,36+,37-,38-,39-,41+,43-,44-/m1/s1. The van der Waals surface area contributed by atoms with Gasteiger partial charge in [0, 0.05) is 25.6 Å². The first-order chi connectivity index (χ1) is 27.3. The molecule has 2 amide bonds. The van der Waals surface area contributed by atoms with E-state index in [1.54, 1.807) is 44.5 Å². The number of amides is 2. The van der Waals surface area contributed by atoms with Crippen molar-refractivity contribution in [1.29, 1.82) is 0 Å². The van der Waals surface area contributed by atoms with Crippen molar-refractivity contribution in [2.75, 3.05) is 38.7 Å². The molecule has 0 unspecified atom stereocenters. The fourth-order valence-corrected chi connectivity index (χ4v) is 9.08. The topological polar surface area (TPSA) is 171 Å². The van der Waals surface area contributed by atoms with E-state index in [4.69, 9.17) is 23.7 Å². The second-order valence-corrected chi connectivity index (χ2v) is 17.4. The molecule has 2 fully saturated rings. The number of ether oxygens (including phenoxy) is 5. The lowest BCUT2D eigenvalue weighted by atomic mass is 9.78. The largest absolute Gasteiger partial charge is 0.490 e. The van der Waals surface area contributed by atoms with Crippen LogP contribution in [0.2, 0.25) is 0 Å². The summed E-state index contributed by atoms with van der Waals surface area (Å²) >= 11 is 0. The van der Waals surface area contributed by atoms with Crippen molar-refractivity contribution < 1.29 is 53.7 Å². The van der Waals surface area contributed by atoms with Gasteiger partial charge in [0.2, 0.25) is 0 Å². The second-order valence-electron chi connectivity index (χ2n) is 17.4. The number of aliphatic hydroxyl groups excluding tert-OH is 2. The minimum Gasteiger partial charge on any atom is -0.490 e. The molecule has 14 heteroatoms. The number of rotatable bonds is 6. The first kappa shape index (κ1) is 45.6. The Bertz CT molecular complexity index is 1660. The maximum atomic E-state index is 14.4. The zero-order valence-corrected chi connectivity index (χ0v) is 35.9. The van der Waals surface area contributed by atoms with Crippen LogP contribution in [0.15, 0.2) is 54.6 Å². The monoisotopic (exact) mass is 813 g/mol. The molecule has 14 atom stereocenters. The number of fused-ring (bicyclic) bond motifs is 1. The Balaban J connectivity index is 1.52. The zero-order chi connectivity index (χ0) is 42.7. The lowest BCUT2D eigenvalue weighted by Crippen LogP contribution is -2.63. The number of nitrogens with zero attached hydrogens (tertiary/aromatic N) is 3. The molecule has 0 aromatic heterocycles. The molecule has 2 aromatic carbocycles. The van der Waals surface area contributed by atoms with Gasteiger partial charge in [0.25, 0.3) is 0 Å². The van der Waals surface area contributed by atoms with E-state index in [0.717, 1.165) is 0 Å². The van der Waals surface area contributed by atoms with Gasteiger partial charge in [-0.2, -0.15) is 0 Å². The number of esters is 1. The van der Waals surface area contributed by atoms with Crippen LogP contribution in [0.1, 0.15) is 74.7 Å². The van der Waals surface area contributed by atoms with Crippen LogP contribution in [0, 0.1) is 17.8 Å². The molecule has 324 valence electrons. The molecule has 2 aromatic rings. The van der Waals surface area contributed by atoms with Crippen LogP contribution < -0.4 is 14.4 Å². The number of carbonyl (C=O) groups is 2. The summed E-state index contributed by atoms with van der Waals surface area (Å²) in [5.74, 6) is -1.79. The molecular formula is C44H67N3O11. The lowest BCUT2D eigenvalue weighted by Gasteiger charge is -2.48. The van der Waals surface area contributed by atoms with E-state index < -0.39 is 84.0 Å². The fourth-order valence-electron chi connectivity index (χ4n) is 9.08. The summed E-state index contributed by atoms with van der Waals surface area (Å²) in [7, 11) is 3.57. The van der Waals surface area contributed by atoms with Crippen molar-refractivity contribution in [3.05, 3.63) is 54.6 Å². The minimum absolute atomic E-state index is 0.173. The first-order valence-electron chi connectivity index (χ1n) is 20.8. The molecule has 3 aliphatic heterocycles. The zero-order valence-electron chi connectivity index (χ0n) is 35.9. The van der Waals surface area contributed by atoms with E-state index in [-0.39, 0.29) is 24.8 Å². The van der Waals surface area contributed by atoms with E-state index in [1.165, 1.54) is 13.8 Å². The summed E-state index contributed by atoms with van der Waals surface area (Å²) in [5, 5.41) is 47.5. The van der Waals surface area contributed by atoms with Crippen LogP contribution in [-0.4, -0.2) is 142 Å². The molecule has 58 heavy (non-hydrogen) atoms. The van der Waals surface area contributed by atoms with E-state index in [2.05, 4.69) is 0 Å². The summed E-state index contributed by atoms with van der Waals surface area (Å²) in [6, 6.07) is 15.2. The van der Waals surface area contributed by atoms with Crippen LogP contribution in [0.4, 0.5) is 10.5 Å². The summed E-state index contributed by atoms with van der Waals surface area (Å²) < 4.78 is 31.8. The lowest BCUT2D eigenvalue weighted by molar-refractivity contribution is -0.293. The SMILES string of the molecule is CC[C@H]1OC(=O)[C@H](C)[C@@H](O)[C@H](C)[C@@H](O[C@@H]2O[C@H](C)C[C@H](N(C)C(=O)N3CCOc4ccccc43)[C@H]2Oc2ccccc2)[C@](C)(O)C[C@@H](C)CN(C)[C@H](C)[C@@H](O)[C@]1(C)O. The van der Waals surface area contributed by atoms with Crippen molar-refractivity contribution >= 4 is 17.7 Å². The molecule has 4 N–H and O–H groups in total. The summed E-state index contributed by atoms with van der Waals surface area (Å²) in [6.45, 7) is 14.9. The number of cyclic esters (lactones) is 1. The van der Waals surface area contributed by atoms with Gasteiger partial charge in [0.1, 0.15) is 35.9 Å². The van der Waals surface area contributed by atoms with Gasteiger partial charge < -0.3 is 53.9 Å². The van der Waals surface area contributed by atoms with Crippen molar-refractivity contribution in [2.24, 2.45) is 17.8 Å². The molecule has 0 bridgehead atoms. The molecule has 0 spiro atoms. The Morgan fingerprint density at radius 2 is 1.66 bits per heavy atom. The number of carbonyl (C=O) groups excluding carboxylic acids is 2. The van der Waals surface area contributed by atoms with Crippen LogP contribution in [0.3, 0.4) is 0 Å². The average Bonchev–Trinajstić information content (AvgIpc) is 3.19. The number of hydrogen-bond donors (Lipinski definition) is 4.